The van der Waals surface area contributed by atoms with E-state index in [0.717, 1.165) is 61.5 Å². The molecule has 11 nitrogen and oxygen atoms in total. The van der Waals surface area contributed by atoms with Gasteiger partial charge in [0.1, 0.15) is 29.3 Å². The van der Waals surface area contributed by atoms with Crippen molar-refractivity contribution in [2.45, 2.75) is 51.5 Å². The fourth-order valence-electron chi connectivity index (χ4n) is 8.32. The molecule has 1 aliphatic carbocycles. The summed E-state index contributed by atoms with van der Waals surface area (Å²) in [6.07, 6.45) is 11.5. The molecule has 3 aliphatic heterocycles. The number of pyridine rings is 2. The molecule has 5 heterocycles. The second kappa shape index (κ2) is 16.7. The first-order valence-corrected chi connectivity index (χ1v) is 19.9. The van der Waals surface area contributed by atoms with Crippen LogP contribution in [-0.2, 0) is 25.6 Å². The van der Waals surface area contributed by atoms with Crippen molar-refractivity contribution in [2.24, 2.45) is 11.8 Å². The number of aromatic nitrogens is 2. The maximum atomic E-state index is 15.9. The summed E-state index contributed by atoms with van der Waals surface area (Å²) in [5, 5.41) is 2.72. The lowest BCUT2D eigenvalue weighted by Crippen LogP contribution is -2.53. The number of nitrogens with zero attached hydrogens (tertiary/aromatic N) is 5. The quantitative estimate of drug-likeness (QED) is 0.161. The van der Waals surface area contributed by atoms with E-state index in [4.69, 9.17) is 5.73 Å². The first-order chi connectivity index (χ1) is 28.6. The number of nitrogen functional groups attached to an aromatic ring is 1. The van der Waals surface area contributed by atoms with Crippen LogP contribution in [0, 0.1) is 23.5 Å². The zero-order valence-electron chi connectivity index (χ0n) is 32.6. The average molecular weight is 796 g/mol. The second-order valence-electron chi connectivity index (χ2n) is 15.8. The summed E-state index contributed by atoms with van der Waals surface area (Å²) in [5.41, 5.74) is 11.0. The number of carbonyl (C=O) groups excluding carboxylic acids is 4. The van der Waals surface area contributed by atoms with E-state index in [1.54, 1.807) is 37.7 Å². The molecule has 1 saturated carbocycles. The monoisotopic (exact) mass is 795 g/mol. The highest BCUT2D eigenvalue weighted by atomic mass is 19.1. The summed E-state index contributed by atoms with van der Waals surface area (Å²) in [6.45, 7) is 4.34. The fourth-order valence-corrected chi connectivity index (χ4v) is 8.32. The molecule has 2 aromatic heterocycles. The van der Waals surface area contributed by atoms with E-state index in [0.29, 0.717) is 60.4 Å². The van der Waals surface area contributed by atoms with E-state index < -0.39 is 17.5 Å². The van der Waals surface area contributed by atoms with Crippen molar-refractivity contribution in [2.75, 3.05) is 37.2 Å². The van der Waals surface area contributed by atoms with Crippen LogP contribution in [0.1, 0.15) is 50.3 Å². The van der Waals surface area contributed by atoms with E-state index in [1.807, 2.05) is 40.0 Å². The number of benzene rings is 2. The minimum atomic E-state index is -0.644. The predicted octanol–water partition coefficient (Wildman–Crippen LogP) is 6.61. The summed E-state index contributed by atoms with van der Waals surface area (Å²) in [5.74, 6) is 3.16. The van der Waals surface area contributed by atoms with Crippen molar-refractivity contribution in [3.8, 4) is 22.3 Å². The lowest BCUT2D eigenvalue weighted by molar-refractivity contribution is -0.135. The van der Waals surface area contributed by atoms with Crippen LogP contribution in [0.2, 0.25) is 0 Å². The molecule has 8 rings (SSSR count). The van der Waals surface area contributed by atoms with E-state index in [9.17, 15) is 23.6 Å². The third-order valence-corrected chi connectivity index (χ3v) is 11.8. The molecule has 13 heteroatoms. The first-order valence-electron chi connectivity index (χ1n) is 19.9. The number of anilines is 2. The van der Waals surface area contributed by atoms with E-state index >= 15 is 4.39 Å². The Kier molecular flexibility index (Phi) is 11.1. The van der Waals surface area contributed by atoms with E-state index in [-0.39, 0.29) is 40.2 Å². The molecule has 4 aliphatic rings. The molecule has 0 bridgehead atoms. The van der Waals surface area contributed by atoms with Gasteiger partial charge in [-0.3, -0.25) is 14.6 Å². The van der Waals surface area contributed by atoms with Gasteiger partial charge in [-0.15, -0.1) is 0 Å². The Labute approximate surface area is 340 Å². The fraction of sp³-hybridized carbons (Fsp3) is 0.304. The van der Waals surface area contributed by atoms with Gasteiger partial charge in [-0.25, -0.2) is 23.4 Å². The van der Waals surface area contributed by atoms with Crippen LogP contribution in [-0.4, -0.2) is 80.6 Å². The molecule has 0 radical (unpaired) electrons. The van der Waals surface area contributed by atoms with Crippen LogP contribution in [0.5, 0.6) is 0 Å². The topological polar surface area (TPSA) is 142 Å². The molecule has 59 heavy (non-hydrogen) atoms. The summed E-state index contributed by atoms with van der Waals surface area (Å²) in [4.78, 5) is 63.8. The van der Waals surface area contributed by atoms with Crippen LogP contribution in [0.25, 0.3) is 27.8 Å². The van der Waals surface area contributed by atoms with Gasteiger partial charge in [-0.05, 0) is 79.1 Å². The molecular formula is C46H43F2N7O4. The van der Waals surface area contributed by atoms with Crippen molar-refractivity contribution >= 4 is 40.8 Å². The molecule has 2 aromatic carbocycles. The van der Waals surface area contributed by atoms with Gasteiger partial charge < -0.3 is 25.8 Å². The number of allylic oxidation sites excluding steroid dienone is 2. The number of hydrogen-bond donors (Lipinski definition) is 2. The largest absolute Gasteiger partial charge is 0.383 e. The SMILES string of the molecule is CC(=O)N1CC(CN2C(=C=O)CC[C@H]2Cc2ccc(-c3cnc(N)c(-c4ccc(NC(=O)C5=CN(CC6CCC6)C=C(c6ccc(F)cn6)C5=C=O)cc4F)c3)cc2)C1. The summed E-state index contributed by atoms with van der Waals surface area (Å²) in [6, 6.07) is 16.9. The number of likely N-dealkylation sites (tertiary alicyclic amines) is 2. The van der Waals surface area contributed by atoms with Crippen molar-refractivity contribution in [1.29, 1.82) is 0 Å². The summed E-state index contributed by atoms with van der Waals surface area (Å²) in [7, 11) is 0. The van der Waals surface area contributed by atoms with Gasteiger partial charge in [-0.2, -0.15) is 0 Å². The number of halogens is 2. The predicted molar refractivity (Wildman–Crippen MR) is 220 cm³/mol. The van der Waals surface area contributed by atoms with Crippen LogP contribution < -0.4 is 11.1 Å². The second-order valence-corrected chi connectivity index (χ2v) is 15.8. The molecule has 3 N–H and O–H groups in total. The van der Waals surface area contributed by atoms with Gasteiger partial charge in [0.25, 0.3) is 5.91 Å². The van der Waals surface area contributed by atoms with Crippen molar-refractivity contribution in [3.63, 3.8) is 0 Å². The molecule has 1 atom stereocenters. The van der Waals surface area contributed by atoms with Gasteiger partial charge in [0, 0.05) is 98.0 Å². The van der Waals surface area contributed by atoms with Gasteiger partial charge >= 0.3 is 0 Å². The van der Waals surface area contributed by atoms with E-state index in [2.05, 4.69) is 26.1 Å². The minimum Gasteiger partial charge on any atom is -0.383 e. The molecule has 0 spiro atoms. The molecule has 300 valence electrons. The first kappa shape index (κ1) is 39.2. The van der Waals surface area contributed by atoms with Gasteiger partial charge in [0.2, 0.25) is 5.91 Å². The summed E-state index contributed by atoms with van der Waals surface area (Å²) < 4.78 is 29.6. The third-order valence-electron chi connectivity index (χ3n) is 11.8. The highest BCUT2D eigenvalue weighted by Gasteiger charge is 2.36. The van der Waals surface area contributed by atoms with Gasteiger partial charge in [0.05, 0.1) is 28.7 Å². The Bertz CT molecular complexity index is 2460. The standard InChI is InChI=1S/C46H43F2N7O4/c1-28(58)54-21-31(22-54)23-55-36(11-12-37(55)26-56)15-29-5-7-32(8-6-29)33-16-39(45(49)51-18-33)38-13-10-35(17-43(38)48)52-46(59)41-25-53(20-30-3-2-4-30)24-40(42(41)27-57)44-14-9-34(47)19-50-44/h5-10,13-14,16-19,24-25,30-31,36H,2-4,11-12,15,20-23H2,1H3,(H2,49,51)(H,52,59)/t36-/m0/s1. The van der Waals surface area contributed by atoms with E-state index in [1.165, 1.54) is 24.3 Å². The zero-order chi connectivity index (χ0) is 41.2. The van der Waals surface area contributed by atoms with Crippen molar-refractivity contribution in [1.82, 2.24) is 24.7 Å². The Balaban J connectivity index is 0.963. The molecule has 3 fully saturated rings. The smallest absolute Gasteiger partial charge is 0.258 e. The Hall–Kier alpha value is -6.68. The third kappa shape index (κ3) is 8.34. The van der Waals surface area contributed by atoms with Crippen LogP contribution in [0.4, 0.5) is 20.3 Å². The minimum absolute atomic E-state index is 0.0265. The van der Waals surface area contributed by atoms with Gasteiger partial charge in [0.15, 0.2) is 0 Å². The average Bonchev–Trinajstić information content (AvgIpc) is 3.58. The van der Waals surface area contributed by atoms with Crippen LogP contribution in [0.15, 0.2) is 102 Å². The Morgan fingerprint density at radius 3 is 2.32 bits per heavy atom. The number of amides is 2. The van der Waals surface area contributed by atoms with Crippen LogP contribution >= 0.6 is 0 Å². The molecular weight excluding hydrogens is 753 g/mol. The number of hydrogen-bond acceptors (Lipinski definition) is 9. The highest BCUT2D eigenvalue weighted by Crippen LogP contribution is 2.37. The van der Waals surface area contributed by atoms with Crippen molar-refractivity contribution in [3.05, 3.63) is 125 Å². The Morgan fingerprint density at radius 1 is 0.864 bits per heavy atom. The molecule has 4 aromatic rings. The lowest BCUT2D eigenvalue weighted by Gasteiger charge is -2.42. The van der Waals surface area contributed by atoms with Crippen LogP contribution in [0.3, 0.4) is 0 Å². The molecule has 2 saturated heterocycles. The molecule has 0 unspecified atom stereocenters. The maximum Gasteiger partial charge on any atom is 0.258 e. The number of nitrogens with one attached hydrogen (secondary N) is 1. The highest BCUT2D eigenvalue weighted by molar-refractivity contribution is 6.14. The van der Waals surface area contributed by atoms with Gasteiger partial charge in [-0.1, -0.05) is 30.7 Å². The Morgan fingerprint density at radius 2 is 1.66 bits per heavy atom. The number of nitrogens with two attached hydrogens (primary N) is 1. The normalized spacial score (nSPS) is 18.1. The van der Waals surface area contributed by atoms with Crippen molar-refractivity contribution < 1.29 is 28.0 Å². The molecule has 2 amide bonds. The maximum absolute atomic E-state index is 15.9. The number of carbonyl (C=O) groups is 2. The summed E-state index contributed by atoms with van der Waals surface area (Å²) >= 11 is 0. The zero-order valence-corrected chi connectivity index (χ0v) is 32.6. The number of rotatable bonds is 11. The lowest BCUT2D eigenvalue weighted by atomic mass is 9.84.